The van der Waals surface area contributed by atoms with E-state index < -0.39 is 45.8 Å². The molecule has 2 atom stereocenters. The highest BCUT2D eigenvalue weighted by Gasteiger charge is 2.36. The van der Waals surface area contributed by atoms with E-state index in [1.165, 1.54) is 31.2 Å². The van der Waals surface area contributed by atoms with Crippen LogP contribution in [0.4, 0.5) is 0 Å². The monoisotopic (exact) mass is 373 g/mol. The van der Waals surface area contributed by atoms with Crippen molar-refractivity contribution in [1.29, 1.82) is 0 Å². The summed E-state index contributed by atoms with van der Waals surface area (Å²) >= 11 is 0. The van der Waals surface area contributed by atoms with Crippen molar-refractivity contribution in [1.82, 2.24) is 4.90 Å². The number of hydrogen-bond acceptors (Lipinski definition) is 7. The van der Waals surface area contributed by atoms with Crippen molar-refractivity contribution >= 4 is 27.9 Å². The first kappa shape index (κ1) is 20.6. The van der Waals surface area contributed by atoms with Gasteiger partial charge in [-0.15, -0.1) is 0 Å². The SMILES string of the molecule is CC(=O)N(CC(C(C)OC(=O)c1ccccc1O)S(=O)(=O)O)C(C)=O. The fraction of sp³-hybridized carbons (Fsp3) is 0.400. The second-order valence-electron chi connectivity index (χ2n) is 5.33. The molecule has 0 fully saturated rings. The zero-order valence-electron chi connectivity index (χ0n) is 13.9. The molecule has 0 saturated heterocycles. The van der Waals surface area contributed by atoms with Gasteiger partial charge in [0.15, 0.2) is 0 Å². The molecule has 1 rings (SSSR count). The van der Waals surface area contributed by atoms with Gasteiger partial charge in [-0.3, -0.25) is 19.0 Å². The Morgan fingerprint density at radius 3 is 2.12 bits per heavy atom. The quantitative estimate of drug-likeness (QED) is 0.546. The highest BCUT2D eigenvalue weighted by Crippen LogP contribution is 2.19. The van der Waals surface area contributed by atoms with E-state index in [1.807, 2.05) is 0 Å². The van der Waals surface area contributed by atoms with Gasteiger partial charge in [-0.1, -0.05) is 12.1 Å². The van der Waals surface area contributed by atoms with E-state index in [4.69, 9.17) is 4.74 Å². The van der Waals surface area contributed by atoms with Crippen molar-refractivity contribution in [2.75, 3.05) is 6.54 Å². The summed E-state index contributed by atoms with van der Waals surface area (Å²) in [4.78, 5) is 35.6. The third kappa shape index (κ3) is 5.54. The Morgan fingerprint density at radius 2 is 1.68 bits per heavy atom. The molecular weight excluding hydrogens is 354 g/mol. The standard InChI is InChI=1S/C15H19NO8S/c1-9(24-15(20)12-6-4-5-7-13(12)19)14(25(21,22)23)8-16(10(2)17)11(3)18/h4-7,9,14,19H,8H2,1-3H3,(H,21,22,23). The lowest BCUT2D eigenvalue weighted by atomic mass is 10.2. The minimum Gasteiger partial charge on any atom is -0.507 e. The number of imide groups is 1. The summed E-state index contributed by atoms with van der Waals surface area (Å²) in [5, 5.41) is 7.88. The fourth-order valence-corrected chi connectivity index (χ4v) is 2.98. The van der Waals surface area contributed by atoms with E-state index in [-0.39, 0.29) is 11.3 Å². The molecule has 0 aromatic heterocycles. The molecule has 0 aliphatic heterocycles. The predicted octanol–water partition coefficient (Wildman–Crippen LogP) is 0.589. The van der Waals surface area contributed by atoms with Crippen LogP contribution in [0.5, 0.6) is 5.75 Å². The van der Waals surface area contributed by atoms with Gasteiger partial charge in [0.1, 0.15) is 22.7 Å². The van der Waals surface area contributed by atoms with Crippen LogP contribution in [0, 0.1) is 0 Å². The first-order valence-corrected chi connectivity index (χ1v) is 8.69. The number of carbonyl (C=O) groups excluding carboxylic acids is 3. The zero-order valence-corrected chi connectivity index (χ0v) is 14.7. The highest BCUT2D eigenvalue weighted by atomic mass is 32.2. The number of aromatic hydroxyl groups is 1. The summed E-state index contributed by atoms with van der Waals surface area (Å²) in [5.41, 5.74) is -0.196. The van der Waals surface area contributed by atoms with Gasteiger partial charge in [0.25, 0.3) is 10.1 Å². The van der Waals surface area contributed by atoms with Gasteiger partial charge in [0.2, 0.25) is 11.8 Å². The molecule has 1 aromatic rings. The van der Waals surface area contributed by atoms with Crippen LogP contribution in [0.3, 0.4) is 0 Å². The third-order valence-corrected chi connectivity index (χ3v) is 4.74. The maximum atomic E-state index is 12.1. The number of esters is 1. The second kappa shape index (κ2) is 8.08. The minimum absolute atomic E-state index is 0.196. The number of benzene rings is 1. The number of phenols is 1. The third-order valence-electron chi connectivity index (χ3n) is 3.45. The fourth-order valence-electron chi connectivity index (χ4n) is 2.10. The van der Waals surface area contributed by atoms with Crippen LogP contribution in [0.25, 0.3) is 0 Å². The normalized spacial score (nSPS) is 13.6. The Morgan fingerprint density at radius 1 is 1.16 bits per heavy atom. The Bertz CT molecular complexity index is 759. The van der Waals surface area contributed by atoms with Crippen LogP contribution in [0.1, 0.15) is 31.1 Å². The average Bonchev–Trinajstić information content (AvgIpc) is 2.45. The largest absolute Gasteiger partial charge is 0.507 e. The summed E-state index contributed by atoms with van der Waals surface area (Å²) in [5.74, 6) is -2.82. The van der Waals surface area contributed by atoms with Gasteiger partial charge >= 0.3 is 5.97 Å². The van der Waals surface area contributed by atoms with Crippen LogP contribution >= 0.6 is 0 Å². The van der Waals surface area contributed by atoms with Crippen molar-refractivity contribution in [3.8, 4) is 5.75 Å². The van der Waals surface area contributed by atoms with Crippen molar-refractivity contribution in [3.05, 3.63) is 29.8 Å². The Balaban J connectivity index is 3.04. The Labute approximate surface area is 144 Å². The Kier molecular flexibility index (Phi) is 6.65. The van der Waals surface area contributed by atoms with E-state index in [0.717, 1.165) is 13.8 Å². The molecule has 0 bridgehead atoms. The predicted molar refractivity (Wildman–Crippen MR) is 86.4 cm³/mol. The maximum Gasteiger partial charge on any atom is 0.342 e. The molecule has 0 aliphatic carbocycles. The smallest absolute Gasteiger partial charge is 0.342 e. The number of ether oxygens (including phenoxy) is 1. The van der Waals surface area contributed by atoms with Gasteiger partial charge in [-0.25, -0.2) is 4.79 Å². The van der Waals surface area contributed by atoms with Gasteiger partial charge in [-0.05, 0) is 19.1 Å². The van der Waals surface area contributed by atoms with Crippen LogP contribution in [0.2, 0.25) is 0 Å². The first-order chi connectivity index (χ1) is 11.4. The van der Waals surface area contributed by atoms with E-state index in [9.17, 15) is 32.5 Å². The lowest BCUT2D eigenvalue weighted by Gasteiger charge is -2.26. The summed E-state index contributed by atoms with van der Waals surface area (Å²) in [6.07, 6.45) is -1.40. The summed E-state index contributed by atoms with van der Waals surface area (Å²) in [6.45, 7) is 2.62. The molecule has 25 heavy (non-hydrogen) atoms. The summed E-state index contributed by atoms with van der Waals surface area (Å²) < 4.78 is 37.6. The minimum atomic E-state index is -4.75. The average molecular weight is 373 g/mol. The molecular formula is C15H19NO8S. The van der Waals surface area contributed by atoms with Crippen molar-refractivity contribution < 1.29 is 37.2 Å². The molecule has 0 spiro atoms. The molecule has 138 valence electrons. The summed E-state index contributed by atoms with van der Waals surface area (Å²) in [7, 11) is -4.75. The van der Waals surface area contributed by atoms with Gasteiger partial charge in [-0.2, -0.15) is 8.42 Å². The number of hydrogen-bond donors (Lipinski definition) is 2. The molecule has 9 nitrogen and oxygen atoms in total. The van der Waals surface area contributed by atoms with E-state index in [1.54, 1.807) is 0 Å². The van der Waals surface area contributed by atoms with E-state index in [0.29, 0.717) is 4.90 Å². The van der Waals surface area contributed by atoms with Crippen molar-refractivity contribution in [3.63, 3.8) is 0 Å². The van der Waals surface area contributed by atoms with Gasteiger partial charge < -0.3 is 9.84 Å². The topological polar surface area (TPSA) is 138 Å². The number of amides is 2. The molecule has 1 aromatic carbocycles. The van der Waals surface area contributed by atoms with Crippen LogP contribution in [0.15, 0.2) is 24.3 Å². The zero-order chi connectivity index (χ0) is 19.4. The van der Waals surface area contributed by atoms with Crippen LogP contribution < -0.4 is 0 Å². The lowest BCUT2D eigenvalue weighted by molar-refractivity contribution is -0.142. The second-order valence-corrected chi connectivity index (χ2v) is 6.97. The number of carbonyl (C=O) groups is 3. The van der Waals surface area contributed by atoms with E-state index in [2.05, 4.69) is 0 Å². The molecule has 2 unspecified atom stereocenters. The molecule has 0 radical (unpaired) electrons. The summed E-state index contributed by atoms with van der Waals surface area (Å²) in [6, 6.07) is 5.46. The molecule has 0 aliphatic rings. The lowest BCUT2D eigenvalue weighted by Crippen LogP contribution is -2.47. The number of rotatable bonds is 6. The van der Waals surface area contributed by atoms with Gasteiger partial charge in [0.05, 0.1) is 6.54 Å². The maximum absolute atomic E-state index is 12.1. The molecule has 0 saturated carbocycles. The molecule has 2 N–H and O–H groups in total. The van der Waals surface area contributed by atoms with Crippen LogP contribution in [-0.4, -0.2) is 58.7 Å². The van der Waals surface area contributed by atoms with E-state index >= 15 is 0 Å². The number of nitrogens with zero attached hydrogens (tertiary/aromatic N) is 1. The highest BCUT2D eigenvalue weighted by molar-refractivity contribution is 7.86. The number of phenolic OH excluding ortho intramolecular Hbond substituents is 1. The van der Waals surface area contributed by atoms with Gasteiger partial charge in [0, 0.05) is 13.8 Å². The number of para-hydroxylation sites is 1. The van der Waals surface area contributed by atoms with Crippen molar-refractivity contribution in [2.24, 2.45) is 0 Å². The molecule has 0 heterocycles. The van der Waals surface area contributed by atoms with Crippen molar-refractivity contribution in [2.45, 2.75) is 32.1 Å². The van der Waals surface area contributed by atoms with Crippen LogP contribution in [-0.2, 0) is 24.4 Å². The first-order valence-electron chi connectivity index (χ1n) is 7.19. The molecule has 2 amide bonds. The Hall–Kier alpha value is -2.46. The molecule has 10 heteroatoms.